The summed E-state index contributed by atoms with van der Waals surface area (Å²) in [5, 5.41) is 9.68. The van der Waals surface area contributed by atoms with Crippen LogP contribution in [0.25, 0.3) is 0 Å². The summed E-state index contributed by atoms with van der Waals surface area (Å²) in [6.07, 6.45) is 93.7. The molecule has 0 saturated carbocycles. The Kier molecular flexibility index (Phi) is 61.9. The van der Waals surface area contributed by atoms with E-state index in [1.165, 1.54) is 173 Å². The number of hydrogen-bond donors (Lipinski definition) is 1. The molecule has 430 valence electrons. The molecule has 0 rings (SSSR count). The minimum atomic E-state index is -0.785. The van der Waals surface area contributed by atoms with Crippen molar-refractivity contribution in [3.05, 3.63) is 109 Å². The van der Waals surface area contributed by atoms with Crippen LogP contribution in [0.3, 0.4) is 0 Å². The highest BCUT2D eigenvalue weighted by Gasteiger charge is 2.16. The lowest BCUT2D eigenvalue weighted by atomic mass is 10.0. The zero-order chi connectivity index (χ0) is 54.1. The molecule has 0 bridgehead atoms. The van der Waals surface area contributed by atoms with Gasteiger partial charge in [-0.05, 0) is 83.5 Å². The van der Waals surface area contributed by atoms with Gasteiger partial charge in [0.2, 0.25) is 0 Å². The average Bonchev–Trinajstić information content (AvgIpc) is 3.41. The molecule has 0 aromatic heterocycles. The fourth-order valence-corrected chi connectivity index (χ4v) is 9.08. The van der Waals surface area contributed by atoms with Crippen LogP contribution in [0.5, 0.6) is 0 Å². The molecule has 5 nitrogen and oxygen atoms in total. The van der Waals surface area contributed by atoms with Crippen molar-refractivity contribution in [3.63, 3.8) is 0 Å². The van der Waals surface area contributed by atoms with Crippen LogP contribution >= 0.6 is 0 Å². The lowest BCUT2D eigenvalue weighted by molar-refractivity contribution is -0.161. The van der Waals surface area contributed by atoms with Crippen molar-refractivity contribution in [2.24, 2.45) is 0 Å². The van der Waals surface area contributed by atoms with Gasteiger partial charge in [0, 0.05) is 12.8 Å². The molecule has 0 heterocycles. The van der Waals surface area contributed by atoms with Gasteiger partial charge in [-0.1, -0.05) is 316 Å². The number of carbonyl (C=O) groups is 2. The Morgan fingerprint density at radius 1 is 0.320 bits per heavy atom. The van der Waals surface area contributed by atoms with Gasteiger partial charge in [-0.2, -0.15) is 0 Å². The zero-order valence-corrected chi connectivity index (χ0v) is 49.3. The van der Waals surface area contributed by atoms with Crippen LogP contribution in [0.15, 0.2) is 109 Å². The Morgan fingerprint density at radius 2 is 0.573 bits per heavy atom. The summed E-state index contributed by atoms with van der Waals surface area (Å²) in [5.41, 5.74) is 0. The molecule has 1 unspecified atom stereocenters. The number of unbranched alkanes of at least 4 members (excludes halogenated alkanes) is 32. The normalized spacial score (nSPS) is 12.9. The van der Waals surface area contributed by atoms with E-state index >= 15 is 0 Å². The third-order valence-electron chi connectivity index (χ3n) is 13.8. The van der Waals surface area contributed by atoms with E-state index in [9.17, 15) is 14.7 Å². The molecule has 0 aliphatic rings. The van der Waals surface area contributed by atoms with Gasteiger partial charge in [-0.3, -0.25) is 9.59 Å². The fraction of sp³-hybridized carbons (Fsp3) is 0.714. The van der Waals surface area contributed by atoms with Crippen molar-refractivity contribution in [1.29, 1.82) is 0 Å². The van der Waals surface area contributed by atoms with Crippen LogP contribution in [-0.4, -0.2) is 36.4 Å². The Labute approximate surface area is 465 Å². The zero-order valence-electron chi connectivity index (χ0n) is 49.3. The first-order chi connectivity index (χ1) is 37.1. The first-order valence-electron chi connectivity index (χ1n) is 31.9. The van der Waals surface area contributed by atoms with Crippen molar-refractivity contribution in [1.82, 2.24) is 0 Å². The molecule has 0 aliphatic heterocycles. The summed E-state index contributed by atoms with van der Waals surface area (Å²) < 4.78 is 10.7. The smallest absolute Gasteiger partial charge is 0.306 e. The number of hydrogen-bond acceptors (Lipinski definition) is 5. The third kappa shape index (κ3) is 63.0. The van der Waals surface area contributed by atoms with Gasteiger partial charge >= 0.3 is 11.9 Å². The Morgan fingerprint density at radius 3 is 0.867 bits per heavy atom. The molecule has 0 saturated heterocycles. The van der Waals surface area contributed by atoms with E-state index < -0.39 is 6.10 Å². The largest absolute Gasteiger partial charge is 0.462 e. The summed E-state index contributed by atoms with van der Waals surface area (Å²) in [6.45, 7) is 4.05. The summed E-state index contributed by atoms with van der Waals surface area (Å²) in [4.78, 5) is 24.6. The van der Waals surface area contributed by atoms with Gasteiger partial charge in [-0.25, -0.2) is 0 Å². The second kappa shape index (κ2) is 64.8. The van der Waals surface area contributed by atoms with Crippen molar-refractivity contribution < 1.29 is 24.2 Å². The maximum atomic E-state index is 12.3. The minimum absolute atomic E-state index is 0.0725. The number of aliphatic hydroxyl groups excluding tert-OH is 1. The third-order valence-corrected chi connectivity index (χ3v) is 13.8. The Balaban J connectivity index is 3.54. The molecule has 75 heavy (non-hydrogen) atoms. The molecule has 0 aromatic carbocycles. The Hall–Kier alpha value is -3.44. The molecule has 0 spiro atoms. The molecule has 1 N–H and O–H groups in total. The summed E-state index contributed by atoms with van der Waals surface area (Å²) >= 11 is 0. The van der Waals surface area contributed by atoms with Crippen molar-refractivity contribution in [3.8, 4) is 0 Å². The van der Waals surface area contributed by atoms with Crippen molar-refractivity contribution in [2.75, 3.05) is 13.2 Å². The topological polar surface area (TPSA) is 72.8 Å². The maximum Gasteiger partial charge on any atom is 0.306 e. The summed E-state index contributed by atoms with van der Waals surface area (Å²) in [7, 11) is 0. The van der Waals surface area contributed by atoms with Gasteiger partial charge in [-0.15, -0.1) is 0 Å². The van der Waals surface area contributed by atoms with Crippen LogP contribution in [0.1, 0.15) is 303 Å². The maximum absolute atomic E-state index is 12.3. The highest BCUT2D eigenvalue weighted by molar-refractivity contribution is 5.70. The number of ether oxygens (including phenoxy) is 2. The molecular formula is C70H120O5. The van der Waals surface area contributed by atoms with Crippen LogP contribution in [0.2, 0.25) is 0 Å². The van der Waals surface area contributed by atoms with E-state index in [2.05, 4.69) is 123 Å². The number of carbonyl (C=O) groups excluding carboxylic acids is 2. The molecule has 0 fully saturated rings. The first-order valence-corrected chi connectivity index (χ1v) is 31.9. The highest BCUT2D eigenvalue weighted by atomic mass is 16.6. The molecule has 5 heteroatoms. The van der Waals surface area contributed by atoms with Crippen LogP contribution in [0.4, 0.5) is 0 Å². The molecule has 0 aliphatic carbocycles. The van der Waals surface area contributed by atoms with E-state index in [0.717, 1.165) is 103 Å². The van der Waals surface area contributed by atoms with E-state index in [-0.39, 0.29) is 25.2 Å². The van der Waals surface area contributed by atoms with E-state index in [1.54, 1.807) is 0 Å². The van der Waals surface area contributed by atoms with Crippen LogP contribution in [-0.2, 0) is 19.1 Å². The quantitative estimate of drug-likeness (QED) is 0.0373. The van der Waals surface area contributed by atoms with Crippen LogP contribution in [0, 0.1) is 0 Å². The van der Waals surface area contributed by atoms with E-state index in [4.69, 9.17) is 9.47 Å². The van der Waals surface area contributed by atoms with Gasteiger partial charge in [0.05, 0.1) is 6.61 Å². The second-order valence-corrected chi connectivity index (χ2v) is 21.1. The van der Waals surface area contributed by atoms with E-state index in [1.807, 2.05) is 0 Å². The van der Waals surface area contributed by atoms with Crippen molar-refractivity contribution in [2.45, 2.75) is 309 Å². The molecule has 0 radical (unpaired) electrons. The highest BCUT2D eigenvalue weighted by Crippen LogP contribution is 2.17. The van der Waals surface area contributed by atoms with Crippen molar-refractivity contribution >= 4 is 11.9 Å². The Bertz CT molecular complexity index is 1460. The van der Waals surface area contributed by atoms with Gasteiger partial charge < -0.3 is 14.6 Å². The lowest BCUT2D eigenvalue weighted by Crippen LogP contribution is -2.28. The fourth-order valence-electron chi connectivity index (χ4n) is 9.08. The number of esters is 2. The average molecular weight is 1040 g/mol. The SMILES string of the molecule is CC/C=C\C/C=C\C/C=C\C/C=C\C/C=C\C/C=C\C/C=C\C/C=C\C/C=C\CCCCCCCCCC(=O)OC(CO)COC(=O)CCCCCCCCCCCCCCCCCCCCCCCCCCCC. The predicted octanol–water partition coefficient (Wildman–Crippen LogP) is 22.0. The minimum Gasteiger partial charge on any atom is -0.462 e. The molecule has 1 atom stereocenters. The number of rotatable bonds is 58. The van der Waals surface area contributed by atoms with Gasteiger partial charge in [0.25, 0.3) is 0 Å². The lowest BCUT2D eigenvalue weighted by Gasteiger charge is -2.15. The number of aliphatic hydroxyl groups is 1. The number of allylic oxidation sites excluding steroid dienone is 18. The molecular weight excluding hydrogens is 921 g/mol. The standard InChI is InChI=1S/C70H120O5/c1-3-5-7-9-11-13-15-17-19-21-23-25-27-29-31-32-33-34-35-36-37-38-39-41-43-45-47-49-51-53-55-57-59-61-63-65-70(73)75-68(66-71)67-74-69(72)64-62-60-58-56-54-52-50-48-46-44-42-40-30-28-26-24-22-20-18-16-14-12-10-8-6-4-2/h5,7,11,13,17,19,23,25,29,31,33-34,36-37,39,41,45,47,68,71H,3-4,6,8-10,12,14-16,18,20-22,24,26-28,30,32,35,38,40,42-44,46,48-67H2,1-2H3/b7-5-,13-11-,19-17-,25-23-,31-29-,34-33-,37-36-,41-39-,47-45-. The first kappa shape index (κ1) is 71.6. The summed E-state index contributed by atoms with van der Waals surface area (Å²) in [6, 6.07) is 0. The van der Waals surface area contributed by atoms with Gasteiger partial charge in [0.15, 0.2) is 6.10 Å². The van der Waals surface area contributed by atoms with Crippen LogP contribution < -0.4 is 0 Å². The summed E-state index contributed by atoms with van der Waals surface area (Å²) in [5.74, 6) is -0.597. The van der Waals surface area contributed by atoms with Gasteiger partial charge in [0.1, 0.15) is 6.61 Å². The van der Waals surface area contributed by atoms with E-state index in [0.29, 0.717) is 12.8 Å². The molecule has 0 amide bonds. The monoisotopic (exact) mass is 1040 g/mol. The predicted molar refractivity (Wildman–Crippen MR) is 329 cm³/mol. The second-order valence-electron chi connectivity index (χ2n) is 21.1. The molecule has 0 aromatic rings.